The molecule has 0 aromatic heterocycles. The van der Waals surface area contributed by atoms with Crippen LogP contribution in [0.1, 0.15) is 329 Å². The third-order valence-corrected chi connectivity index (χ3v) is 13.6. The van der Waals surface area contributed by atoms with Gasteiger partial charge in [0.05, 0.1) is 0 Å². The number of rotatable bonds is 56. The van der Waals surface area contributed by atoms with Gasteiger partial charge in [-0.2, -0.15) is 0 Å². The lowest BCUT2D eigenvalue weighted by atomic mass is 10.0. The van der Waals surface area contributed by atoms with Crippen molar-refractivity contribution >= 4 is 17.9 Å². The highest BCUT2D eigenvalue weighted by atomic mass is 16.6. The number of unbranched alkanes of at least 4 members (excludes halogenated alkanes) is 39. The molecule has 6 nitrogen and oxygen atoms in total. The van der Waals surface area contributed by atoms with Crippen LogP contribution in [0.4, 0.5) is 0 Å². The van der Waals surface area contributed by atoms with Gasteiger partial charge in [0.2, 0.25) is 0 Å². The molecule has 0 aromatic carbocycles. The molecule has 0 amide bonds. The quantitative estimate of drug-likeness (QED) is 0.0261. The summed E-state index contributed by atoms with van der Waals surface area (Å²) in [5.74, 6) is -0.870. The van der Waals surface area contributed by atoms with Crippen molar-refractivity contribution in [2.24, 2.45) is 0 Å². The van der Waals surface area contributed by atoms with Crippen LogP contribution in [0.2, 0.25) is 0 Å². The van der Waals surface area contributed by atoms with E-state index in [0.717, 1.165) is 64.2 Å². The molecule has 0 aliphatic heterocycles. The van der Waals surface area contributed by atoms with Crippen LogP contribution < -0.4 is 0 Å². The average Bonchev–Trinajstić information content (AvgIpc) is 3.35. The predicted molar refractivity (Wildman–Crippen MR) is 298 cm³/mol. The Morgan fingerprint density at radius 1 is 0.275 bits per heavy atom. The summed E-state index contributed by atoms with van der Waals surface area (Å²) in [7, 11) is 0. The fourth-order valence-electron chi connectivity index (χ4n) is 8.96. The minimum atomic E-state index is -0.777. The molecule has 69 heavy (non-hydrogen) atoms. The van der Waals surface area contributed by atoms with Crippen molar-refractivity contribution in [3.8, 4) is 0 Å². The van der Waals surface area contributed by atoms with E-state index < -0.39 is 6.10 Å². The number of ether oxygens (including phenoxy) is 3. The number of carbonyl (C=O) groups excluding carboxylic acids is 3. The van der Waals surface area contributed by atoms with E-state index in [1.54, 1.807) is 0 Å². The van der Waals surface area contributed by atoms with Crippen LogP contribution in [0.15, 0.2) is 36.5 Å². The highest BCUT2D eigenvalue weighted by molar-refractivity contribution is 5.71. The first-order valence-corrected chi connectivity index (χ1v) is 30.5. The summed E-state index contributed by atoms with van der Waals surface area (Å²) in [5.41, 5.74) is 0. The molecular weight excluding hydrogens is 853 g/mol. The molecule has 0 unspecified atom stereocenters. The zero-order valence-corrected chi connectivity index (χ0v) is 46.3. The van der Waals surface area contributed by atoms with E-state index in [1.807, 2.05) is 0 Å². The van der Waals surface area contributed by atoms with Crippen LogP contribution in [-0.4, -0.2) is 37.2 Å². The van der Waals surface area contributed by atoms with E-state index in [-0.39, 0.29) is 31.1 Å². The normalized spacial score (nSPS) is 12.2. The van der Waals surface area contributed by atoms with Crippen molar-refractivity contribution in [1.29, 1.82) is 0 Å². The van der Waals surface area contributed by atoms with Gasteiger partial charge in [-0.1, -0.05) is 250 Å². The smallest absolute Gasteiger partial charge is 0.306 e. The highest BCUT2D eigenvalue weighted by Gasteiger charge is 2.19. The minimum absolute atomic E-state index is 0.0745. The third-order valence-electron chi connectivity index (χ3n) is 13.6. The van der Waals surface area contributed by atoms with Crippen LogP contribution in [0, 0.1) is 0 Å². The number of esters is 3. The standard InChI is InChI=1S/C63H116O6/c1-4-7-10-13-16-19-22-25-28-29-30-31-32-33-36-38-41-44-47-50-53-56-62(65)68-59-60(69-63(66)57-54-51-48-45-42-39-35-27-24-21-18-15-12-9-6-3)58-67-61(64)55-52-49-46-43-40-37-34-26-23-20-17-14-11-8-5-2/h20,23,25,27-28,35,60H,4-19,21-22,24,26,29-34,36-59H2,1-3H3/b23-20-,28-25-,35-27-/t60-/m0/s1. The molecule has 0 bridgehead atoms. The zero-order valence-electron chi connectivity index (χ0n) is 46.3. The van der Waals surface area contributed by atoms with Crippen molar-refractivity contribution in [3.63, 3.8) is 0 Å². The van der Waals surface area contributed by atoms with E-state index in [2.05, 4.69) is 57.2 Å². The Hall–Kier alpha value is -2.37. The number of carbonyl (C=O) groups is 3. The number of allylic oxidation sites excluding steroid dienone is 6. The Kier molecular flexibility index (Phi) is 56.2. The molecule has 0 aliphatic rings. The molecule has 404 valence electrons. The molecule has 0 radical (unpaired) electrons. The lowest BCUT2D eigenvalue weighted by molar-refractivity contribution is -0.167. The second-order valence-corrected chi connectivity index (χ2v) is 20.6. The first-order chi connectivity index (χ1) is 34.0. The fraction of sp³-hybridized carbons (Fsp3) is 0.857. The van der Waals surface area contributed by atoms with Crippen LogP contribution in [0.25, 0.3) is 0 Å². The van der Waals surface area contributed by atoms with Gasteiger partial charge in [0.1, 0.15) is 13.2 Å². The second-order valence-electron chi connectivity index (χ2n) is 20.6. The van der Waals surface area contributed by atoms with Crippen molar-refractivity contribution in [2.75, 3.05) is 13.2 Å². The molecule has 0 fully saturated rings. The second kappa shape index (κ2) is 58.2. The van der Waals surface area contributed by atoms with Gasteiger partial charge in [0, 0.05) is 19.3 Å². The van der Waals surface area contributed by atoms with Crippen molar-refractivity contribution in [3.05, 3.63) is 36.5 Å². The predicted octanol–water partition coefficient (Wildman–Crippen LogP) is 20.4. The number of hydrogen-bond acceptors (Lipinski definition) is 6. The summed E-state index contributed by atoms with van der Waals surface area (Å²) in [6.45, 7) is 6.65. The van der Waals surface area contributed by atoms with Gasteiger partial charge in [0.25, 0.3) is 0 Å². The van der Waals surface area contributed by atoms with Gasteiger partial charge < -0.3 is 14.2 Å². The van der Waals surface area contributed by atoms with Gasteiger partial charge in [0.15, 0.2) is 6.10 Å². The Morgan fingerprint density at radius 3 is 0.739 bits per heavy atom. The molecule has 0 aliphatic carbocycles. The highest BCUT2D eigenvalue weighted by Crippen LogP contribution is 2.16. The van der Waals surface area contributed by atoms with Crippen molar-refractivity contribution in [1.82, 2.24) is 0 Å². The minimum Gasteiger partial charge on any atom is -0.462 e. The Morgan fingerprint density at radius 2 is 0.478 bits per heavy atom. The van der Waals surface area contributed by atoms with Gasteiger partial charge in [-0.05, 0) is 96.3 Å². The first kappa shape index (κ1) is 66.6. The van der Waals surface area contributed by atoms with Gasteiger partial charge >= 0.3 is 17.9 Å². The molecule has 0 saturated heterocycles. The molecule has 0 rings (SSSR count). The van der Waals surface area contributed by atoms with Crippen LogP contribution in [-0.2, 0) is 28.6 Å². The van der Waals surface area contributed by atoms with Gasteiger partial charge in [-0.15, -0.1) is 0 Å². The molecular formula is C63H116O6. The fourth-order valence-corrected chi connectivity index (χ4v) is 8.96. The molecule has 1 atom stereocenters. The lowest BCUT2D eigenvalue weighted by Crippen LogP contribution is -2.30. The van der Waals surface area contributed by atoms with Crippen LogP contribution in [0.3, 0.4) is 0 Å². The summed E-state index contributed by atoms with van der Waals surface area (Å²) in [5, 5.41) is 0. The monoisotopic (exact) mass is 969 g/mol. The summed E-state index contributed by atoms with van der Waals surface area (Å²) < 4.78 is 16.9. The van der Waals surface area contributed by atoms with Crippen molar-refractivity contribution in [2.45, 2.75) is 335 Å². The molecule has 0 spiro atoms. The Labute approximate surface area is 429 Å². The Balaban J connectivity index is 4.32. The van der Waals surface area contributed by atoms with Gasteiger partial charge in [-0.3, -0.25) is 14.4 Å². The summed E-state index contributed by atoms with van der Waals surface area (Å²) in [6, 6.07) is 0. The molecule has 0 saturated carbocycles. The summed E-state index contributed by atoms with van der Waals surface area (Å²) in [4.78, 5) is 38.2. The van der Waals surface area contributed by atoms with E-state index >= 15 is 0 Å². The topological polar surface area (TPSA) is 78.9 Å². The maximum Gasteiger partial charge on any atom is 0.306 e. The third kappa shape index (κ3) is 56.4. The average molecular weight is 970 g/mol. The van der Waals surface area contributed by atoms with E-state index in [1.165, 1.54) is 225 Å². The summed E-state index contributed by atoms with van der Waals surface area (Å²) >= 11 is 0. The molecule has 0 N–H and O–H groups in total. The molecule has 0 aromatic rings. The van der Waals surface area contributed by atoms with E-state index in [4.69, 9.17) is 14.2 Å². The van der Waals surface area contributed by atoms with Crippen molar-refractivity contribution < 1.29 is 28.6 Å². The Bertz CT molecular complexity index is 1160. The maximum absolute atomic E-state index is 12.9. The van der Waals surface area contributed by atoms with Crippen LogP contribution in [0.5, 0.6) is 0 Å². The zero-order chi connectivity index (χ0) is 50.0. The number of hydrogen-bond donors (Lipinski definition) is 0. The van der Waals surface area contributed by atoms with E-state index in [0.29, 0.717) is 19.3 Å². The largest absolute Gasteiger partial charge is 0.462 e. The molecule has 6 heteroatoms. The molecule has 0 heterocycles. The SMILES string of the molecule is CCCCCC/C=C\CCCCCCCCCC(=O)OC[C@@H](COC(=O)CCCCCCCCCCCCC/C=C\CCCCCCCC)OC(=O)CCCCCCC/C=C\CCCCCCCC. The van der Waals surface area contributed by atoms with Crippen LogP contribution >= 0.6 is 0 Å². The lowest BCUT2D eigenvalue weighted by Gasteiger charge is -2.18. The van der Waals surface area contributed by atoms with Gasteiger partial charge in [-0.25, -0.2) is 0 Å². The first-order valence-electron chi connectivity index (χ1n) is 30.5. The van der Waals surface area contributed by atoms with E-state index in [9.17, 15) is 14.4 Å². The maximum atomic E-state index is 12.9. The summed E-state index contributed by atoms with van der Waals surface area (Å²) in [6.07, 6.45) is 69.9.